The quantitative estimate of drug-likeness (QED) is 0.887. The molecule has 0 bridgehead atoms. The van der Waals surface area contributed by atoms with E-state index in [1.807, 2.05) is 12.1 Å². The molecule has 3 rings (SSSR count). The second-order valence-electron chi connectivity index (χ2n) is 5.50. The van der Waals surface area contributed by atoms with Crippen LogP contribution in [0.4, 0.5) is 4.39 Å². The number of carboxylic acid groups (broad SMARTS) is 1. The van der Waals surface area contributed by atoms with E-state index in [1.54, 1.807) is 0 Å². The Labute approximate surface area is 106 Å². The highest BCUT2D eigenvalue weighted by Crippen LogP contribution is 2.46. The molecule has 1 aromatic carbocycles. The Bertz CT molecular complexity index is 492. The topological polar surface area (TPSA) is 37.3 Å². The van der Waals surface area contributed by atoms with Crippen LogP contribution >= 0.6 is 0 Å². The fourth-order valence-electron chi connectivity index (χ4n) is 3.14. The second kappa shape index (κ2) is 4.38. The Kier molecular flexibility index (Phi) is 2.84. The first kappa shape index (κ1) is 11.7. The Balaban J connectivity index is 1.96. The molecule has 1 aromatic rings. The van der Waals surface area contributed by atoms with Gasteiger partial charge in [0.25, 0.3) is 0 Å². The molecule has 1 saturated carbocycles. The van der Waals surface area contributed by atoms with Crippen molar-refractivity contribution >= 4 is 5.97 Å². The van der Waals surface area contributed by atoms with Gasteiger partial charge in [0.1, 0.15) is 5.82 Å². The smallest absolute Gasteiger partial charge is 0.303 e. The largest absolute Gasteiger partial charge is 0.481 e. The number of aliphatic carboxylic acids is 1. The third kappa shape index (κ3) is 2.02. The summed E-state index contributed by atoms with van der Waals surface area (Å²) in [5.41, 5.74) is 2.59. The number of hydrogen-bond donors (Lipinski definition) is 1. The van der Waals surface area contributed by atoms with Gasteiger partial charge >= 0.3 is 5.97 Å². The summed E-state index contributed by atoms with van der Waals surface area (Å²) in [6, 6.07) is 3.82. The van der Waals surface area contributed by atoms with Crippen LogP contribution in [0.5, 0.6) is 0 Å². The second-order valence-corrected chi connectivity index (χ2v) is 5.50. The molecule has 96 valence electrons. The summed E-state index contributed by atoms with van der Waals surface area (Å²) in [5, 5.41) is 8.98. The van der Waals surface area contributed by atoms with Gasteiger partial charge in [-0.3, -0.25) is 4.79 Å². The molecular weight excluding hydrogens is 231 g/mol. The molecule has 0 aliphatic heterocycles. The van der Waals surface area contributed by atoms with Gasteiger partial charge in [0.2, 0.25) is 0 Å². The van der Waals surface area contributed by atoms with Crippen LogP contribution in [0.15, 0.2) is 12.1 Å². The van der Waals surface area contributed by atoms with E-state index >= 15 is 0 Å². The van der Waals surface area contributed by atoms with Crippen LogP contribution in [0.3, 0.4) is 0 Å². The van der Waals surface area contributed by atoms with Gasteiger partial charge < -0.3 is 5.11 Å². The minimum absolute atomic E-state index is 0.0559. The minimum Gasteiger partial charge on any atom is -0.481 e. The van der Waals surface area contributed by atoms with Crippen LogP contribution in [0.2, 0.25) is 0 Å². The first-order valence-electron chi connectivity index (χ1n) is 6.68. The number of fused-ring (bicyclic) bond motifs is 1. The average Bonchev–Trinajstić information content (AvgIpc) is 3.05. The van der Waals surface area contributed by atoms with Crippen molar-refractivity contribution in [1.82, 2.24) is 0 Å². The van der Waals surface area contributed by atoms with E-state index in [1.165, 1.54) is 0 Å². The summed E-state index contributed by atoms with van der Waals surface area (Å²) in [6.07, 6.45) is 4.91. The molecule has 1 atom stereocenters. The van der Waals surface area contributed by atoms with Crippen molar-refractivity contribution in [2.45, 2.75) is 44.4 Å². The molecule has 0 amide bonds. The van der Waals surface area contributed by atoms with Crippen molar-refractivity contribution in [2.75, 3.05) is 0 Å². The number of hydrogen-bond acceptors (Lipinski definition) is 1. The lowest BCUT2D eigenvalue weighted by atomic mass is 9.88. The molecule has 0 radical (unpaired) electrons. The third-order valence-corrected chi connectivity index (χ3v) is 4.23. The van der Waals surface area contributed by atoms with Gasteiger partial charge in [0, 0.05) is 5.92 Å². The van der Waals surface area contributed by atoms with E-state index in [0.717, 1.165) is 43.2 Å². The maximum absolute atomic E-state index is 14.5. The lowest BCUT2D eigenvalue weighted by molar-refractivity contribution is -0.137. The summed E-state index contributed by atoms with van der Waals surface area (Å²) in [7, 11) is 0. The van der Waals surface area contributed by atoms with Gasteiger partial charge in [-0.15, -0.1) is 0 Å². The molecule has 1 N–H and O–H groups in total. The monoisotopic (exact) mass is 248 g/mol. The number of aryl methyl sites for hydroxylation is 1. The minimum atomic E-state index is -0.827. The van der Waals surface area contributed by atoms with E-state index in [0.29, 0.717) is 11.5 Å². The highest BCUT2D eigenvalue weighted by atomic mass is 19.1. The number of halogens is 1. The predicted octanol–water partition coefficient (Wildman–Crippen LogP) is 3.28. The first-order valence-corrected chi connectivity index (χ1v) is 6.68. The first-order chi connectivity index (χ1) is 8.66. The summed E-state index contributed by atoms with van der Waals surface area (Å²) in [4.78, 5) is 10.9. The van der Waals surface area contributed by atoms with Crippen molar-refractivity contribution in [1.29, 1.82) is 0 Å². The van der Waals surface area contributed by atoms with Crippen LogP contribution in [-0.2, 0) is 17.6 Å². The SMILES string of the molecule is O=C(O)CC(c1ccc2c(c1F)CCC2)C1CC1. The molecule has 2 aliphatic carbocycles. The number of carbonyl (C=O) groups is 1. The molecule has 18 heavy (non-hydrogen) atoms. The van der Waals surface area contributed by atoms with Crippen molar-refractivity contribution in [2.24, 2.45) is 5.92 Å². The number of carboxylic acids is 1. The van der Waals surface area contributed by atoms with E-state index in [-0.39, 0.29) is 18.2 Å². The summed E-state index contributed by atoms with van der Waals surface area (Å²) in [6.45, 7) is 0. The van der Waals surface area contributed by atoms with E-state index in [2.05, 4.69) is 0 Å². The van der Waals surface area contributed by atoms with Crippen molar-refractivity contribution < 1.29 is 14.3 Å². The molecule has 0 saturated heterocycles. The van der Waals surface area contributed by atoms with Crippen LogP contribution < -0.4 is 0 Å². The molecule has 3 heteroatoms. The number of benzene rings is 1. The fraction of sp³-hybridized carbons (Fsp3) is 0.533. The molecule has 1 unspecified atom stereocenters. The van der Waals surface area contributed by atoms with E-state index in [9.17, 15) is 9.18 Å². The van der Waals surface area contributed by atoms with Crippen molar-refractivity contribution in [3.8, 4) is 0 Å². The predicted molar refractivity (Wildman–Crippen MR) is 66.1 cm³/mol. The van der Waals surface area contributed by atoms with Crippen LogP contribution in [0.25, 0.3) is 0 Å². The molecule has 2 nitrogen and oxygen atoms in total. The van der Waals surface area contributed by atoms with Gasteiger partial charge in [0.05, 0.1) is 6.42 Å². The normalized spacial score (nSPS) is 19.6. The average molecular weight is 248 g/mol. The van der Waals surface area contributed by atoms with Gasteiger partial charge in [-0.1, -0.05) is 12.1 Å². The van der Waals surface area contributed by atoms with E-state index < -0.39 is 5.97 Å². The maximum Gasteiger partial charge on any atom is 0.303 e. The van der Waals surface area contributed by atoms with Crippen molar-refractivity contribution in [3.05, 3.63) is 34.6 Å². The Morgan fingerprint density at radius 1 is 1.39 bits per heavy atom. The molecule has 0 aromatic heterocycles. The fourth-order valence-corrected chi connectivity index (χ4v) is 3.14. The lowest BCUT2D eigenvalue weighted by Crippen LogP contribution is -2.11. The van der Waals surface area contributed by atoms with Gasteiger partial charge in [0.15, 0.2) is 0 Å². The van der Waals surface area contributed by atoms with Gasteiger partial charge in [-0.05, 0) is 54.7 Å². The van der Waals surface area contributed by atoms with Crippen molar-refractivity contribution in [3.63, 3.8) is 0 Å². The number of rotatable bonds is 4. The van der Waals surface area contributed by atoms with E-state index in [4.69, 9.17) is 5.11 Å². The third-order valence-electron chi connectivity index (χ3n) is 4.23. The zero-order valence-electron chi connectivity index (χ0n) is 10.3. The maximum atomic E-state index is 14.5. The van der Waals surface area contributed by atoms with Gasteiger partial charge in [-0.25, -0.2) is 4.39 Å². The van der Waals surface area contributed by atoms with Gasteiger partial charge in [-0.2, -0.15) is 0 Å². The Morgan fingerprint density at radius 3 is 2.83 bits per heavy atom. The van der Waals surface area contributed by atoms with Crippen LogP contribution in [0, 0.1) is 11.7 Å². The van der Waals surface area contributed by atoms with Crippen LogP contribution in [-0.4, -0.2) is 11.1 Å². The molecule has 0 spiro atoms. The zero-order valence-corrected chi connectivity index (χ0v) is 10.3. The standard InChI is InChI=1S/C15H17FO2/c16-15-11-3-1-2-9(11)6-7-12(15)13(8-14(17)18)10-4-5-10/h6-7,10,13H,1-5,8H2,(H,17,18). The summed E-state index contributed by atoms with van der Waals surface area (Å²) < 4.78 is 14.5. The molecular formula is C15H17FO2. The summed E-state index contributed by atoms with van der Waals surface area (Å²) in [5.74, 6) is -0.710. The highest BCUT2D eigenvalue weighted by Gasteiger charge is 2.36. The Morgan fingerprint density at radius 2 is 2.17 bits per heavy atom. The lowest BCUT2D eigenvalue weighted by Gasteiger charge is -2.17. The molecule has 2 aliphatic rings. The zero-order chi connectivity index (χ0) is 12.7. The molecule has 0 heterocycles. The van der Waals surface area contributed by atoms with Crippen LogP contribution in [0.1, 0.15) is 48.3 Å². The highest BCUT2D eigenvalue weighted by molar-refractivity contribution is 5.68. The Hall–Kier alpha value is -1.38. The summed E-state index contributed by atoms with van der Waals surface area (Å²) >= 11 is 0. The molecule has 1 fully saturated rings.